The number of nitrogens with two attached hydrogens (primary N) is 1. The number of rotatable bonds is 1. The highest BCUT2D eigenvalue weighted by atomic mass is 16.2. The third-order valence-corrected chi connectivity index (χ3v) is 5.00. The second-order valence-corrected chi connectivity index (χ2v) is 6.09. The smallest absolute Gasteiger partial charge is 0.245 e. The number of carbonyl (C=O) groups is 1. The van der Waals surface area contributed by atoms with E-state index in [0.717, 1.165) is 23.1 Å². The van der Waals surface area contributed by atoms with Gasteiger partial charge in [0.25, 0.3) is 0 Å². The van der Waals surface area contributed by atoms with E-state index in [1.54, 1.807) is 0 Å². The topological polar surface area (TPSA) is 58.4 Å². The van der Waals surface area contributed by atoms with E-state index in [1.165, 1.54) is 38.0 Å². The number of nitrogens with one attached hydrogen (secondary N) is 1. The molecule has 19 heavy (non-hydrogen) atoms. The Morgan fingerprint density at radius 1 is 1.21 bits per heavy atom. The highest BCUT2D eigenvalue weighted by molar-refractivity contribution is 6.02. The van der Waals surface area contributed by atoms with E-state index in [0.29, 0.717) is 0 Å². The van der Waals surface area contributed by atoms with Crippen molar-refractivity contribution in [2.75, 3.05) is 23.3 Å². The van der Waals surface area contributed by atoms with Crippen molar-refractivity contribution >= 4 is 17.3 Å². The molecule has 1 saturated heterocycles. The molecule has 2 fully saturated rings. The number of hydrogen-bond donors (Lipinski definition) is 2. The minimum atomic E-state index is -0.498. The van der Waals surface area contributed by atoms with Gasteiger partial charge in [-0.2, -0.15) is 0 Å². The van der Waals surface area contributed by atoms with E-state index in [2.05, 4.69) is 22.3 Å². The van der Waals surface area contributed by atoms with Crippen LogP contribution >= 0.6 is 0 Å². The van der Waals surface area contributed by atoms with E-state index in [-0.39, 0.29) is 5.91 Å². The standard InChI is InChI=1S/C15H19N3O/c16-14-12-5-4-11(6-13(12)17-15(14)19)18-7-9-2-1-3-10(9)8-18/h4-6,9-10,14H,1-3,7-8,16H2,(H,17,19). The first-order chi connectivity index (χ1) is 9.22. The summed E-state index contributed by atoms with van der Waals surface area (Å²) < 4.78 is 0. The third kappa shape index (κ3) is 1.66. The van der Waals surface area contributed by atoms with Crippen LogP contribution < -0.4 is 16.0 Å². The van der Waals surface area contributed by atoms with Crippen molar-refractivity contribution in [2.24, 2.45) is 17.6 Å². The van der Waals surface area contributed by atoms with Crippen LogP contribution in [0.5, 0.6) is 0 Å². The van der Waals surface area contributed by atoms with Gasteiger partial charge < -0.3 is 16.0 Å². The summed E-state index contributed by atoms with van der Waals surface area (Å²) in [5.74, 6) is 1.67. The zero-order valence-electron chi connectivity index (χ0n) is 10.9. The molecule has 2 aliphatic heterocycles. The van der Waals surface area contributed by atoms with Crippen molar-refractivity contribution in [3.8, 4) is 0 Å². The van der Waals surface area contributed by atoms with Gasteiger partial charge in [-0.05, 0) is 36.8 Å². The number of benzene rings is 1. The molecule has 3 aliphatic rings. The molecule has 0 spiro atoms. The van der Waals surface area contributed by atoms with Crippen LogP contribution in [0.4, 0.5) is 11.4 Å². The lowest BCUT2D eigenvalue weighted by atomic mass is 10.0. The van der Waals surface area contributed by atoms with Crippen molar-refractivity contribution in [2.45, 2.75) is 25.3 Å². The van der Waals surface area contributed by atoms with Crippen LogP contribution in [0.2, 0.25) is 0 Å². The summed E-state index contributed by atoms with van der Waals surface area (Å²) in [7, 11) is 0. The maximum atomic E-state index is 11.6. The Hall–Kier alpha value is -1.55. The molecule has 100 valence electrons. The Balaban J connectivity index is 1.61. The molecule has 1 amide bonds. The van der Waals surface area contributed by atoms with Gasteiger partial charge in [-0.25, -0.2) is 0 Å². The molecule has 2 heterocycles. The lowest BCUT2D eigenvalue weighted by Crippen LogP contribution is -2.20. The molecular weight excluding hydrogens is 238 g/mol. The molecule has 0 aromatic heterocycles. The first-order valence-electron chi connectivity index (χ1n) is 7.18. The maximum absolute atomic E-state index is 11.6. The van der Waals surface area contributed by atoms with Gasteiger partial charge in [-0.15, -0.1) is 0 Å². The fourth-order valence-electron chi connectivity index (χ4n) is 3.92. The normalized spacial score (nSPS) is 32.4. The quantitative estimate of drug-likeness (QED) is 0.807. The van der Waals surface area contributed by atoms with Crippen molar-refractivity contribution in [1.29, 1.82) is 0 Å². The van der Waals surface area contributed by atoms with Crippen molar-refractivity contribution in [1.82, 2.24) is 0 Å². The molecule has 1 saturated carbocycles. The minimum Gasteiger partial charge on any atom is -0.371 e. The SMILES string of the molecule is NC1C(=O)Nc2cc(N3CC4CCCC4C3)ccc21. The molecule has 4 nitrogen and oxygen atoms in total. The zero-order chi connectivity index (χ0) is 13.0. The van der Waals surface area contributed by atoms with E-state index < -0.39 is 6.04 Å². The van der Waals surface area contributed by atoms with Gasteiger partial charge in [0.05, 0.1) is 0 Å². The first-order valence-corrected chi connectivity index (χ1v) is 7.18. The molecule has 1 aromatic carbocycles. The molecule has 1 aliphatic carbocycles. The minimum absolute atomic E-state index is 0.0922. The summed E-state index contributed by atoms with van der Waals surface area (Å²) in [5, 5.41) is 2.87. The van der Waals surface area contributed by atoms with E-state index in [4.69, 9.17) is 5.73 Å². The van der Waals surface area contributed by atoms with Crippen molar-refractivity contribution in [3.63, 3.8) is 0 Å². The second kappa shape index (κ2) is 3.97. The number of anilines is 2. The van der Waals surface area contributed by atoms with Gasteiger partial charge in [-0.1, -0.05) is 12.5 Å². The summed E-state index contributed by atoms with van der Waals surface area (Å²) in [6, 6.07) is 5.70. The maximum Gasteiger partial charge on any atom is 0.245 e. The average Bonchev–Trinajstić information content (AvgIpc) is 3.04. The summed E-state index contributed by atoms with van der Waals surface area (Å²) >= 11 is 0. The summed E-state index contributed by atoms with van der Waals surface area (Å²) in [6.07, 6.45) is 4.17. The van der Waals surface area contributed by atoms with Crippen molar-refractivity contribution in [3.05, 3.63) is 23.8 Å². The molecule has 1 aromatic rings. The zero-order valence-corrected chi connectivity index (χ0v) is 10.9. The number of carbonyl (C=O) groups excluding carboxylic acids is 1. The van der Waals surface area contributed by atoms with Gasteiger partial charge in [0.2, 0.25) is 5.91 Å². The van der Waals surface area contributed by atoms with Gasteiger partial charge in [0, 0.05) is 30.0 Å². The molecule has 3 unspecified atom stereocenters. The van der Waals surface area contributed by atoms with Crippen LogP contribution in [0.15, 0.2) is 18.2 Å². The monoisotopic (exact) mass is 257 g/mol. The fraction of sp³-hybridized carbons (Fsp3) is 0.533. The first kappa shape index (κ1) is 11.3. The van der Waals surface area contributed by atoms with Crippen LogP contribution in [0.3, 0.4) is 0 Å². The highest BCUT2D eigenvalue weighted by Crippen LogP contribution is 2.41. The van der Waals surface area contributed by atoms with E-state index in [9.17, 15) is 4.79 Å². The molecule has 0 radical (unpaired) electrons. The van der Waals surface area contributed by atoms with E-state index >= 15 is 0 Å². The molecule has 4 rings (SSSR count). The van der Waals surface area contributed by atoms with Gasteiger partial charge in [0.1, 0.15) is 6.04 Å². The van der Waals surface area contributed by atoms with Crippen molar-refractivity contribution < 1.29 is 4.79 Å². The molecule has 3 N–H and O–H groups in total. The van der Waals surface area contributed by atoms with Crippen LogP contribution in [0.1, 0.15) is 30.9 Å². The number of nitrogens with zero attached hydrogens (tertiary/aromatic N) is 1. The average molecular weight is 257 g/mol. The summed E-state index contributed by atoms with van der Waals surface area (Å²) in [5.41, 5.74) is 8.89. The number of hydrogen-bond acceptors (Lipinski definition) is 3. The van der Waals surface area contributed by atoms with Crippen LogP contribution in [0, 0.1) is 11.8 Å². The van der Waals surface area contributed by atoms with Crippen LogP contribution in [-0.4, -0.2) is 19.0 Å². The Morgan fingerprint density at radius 2 is 1.95 bits per heavy atom. The fourth-order valence-corrected chi connectivity index (χ4v) is 3.92. The van der Waals surface area contributed by atoms with E-state index in [1.807, 2.05) is 6.07 Å². The Kier molecular flexibility index (Phi) is 2.36. The summed E-state index contributed by atoms with van der Waals surface area (Å²) in [4.78, 5) is 14.0. The van der Waals surface area contributed by atoms with Crippen LogP contribution in [-0.2, 0) is 4.79 Å². The highest BCUT2D eigenvalue weighted by Gasteiger charge is 2.36. The van der Waals surface area contributed by atoms with Gasteiger partial charge in [0.15, 0.2) is 0 Å². The predicted octanol–water partition coefficient (Wildman–Crippen LogP) is 1.87. The Bertz CT molecular complexity index is 530. The van der Waals surface area contributed by atoms with Gasteiger partial charge >= 0.3 is 0 Å². The summed E-state index contributed by atoms with van der Waals surface area (Å²) in [6.45, 7) is 2.34. The molecule has 4 heteroatoms. The molecule has 0 bridgehead atoms. The largest absolute Gasteiger partial charge is 0.371 e. The second-order valence-electron chi connectivity index (χ2n) is 6.09. The lowest BCUT2D eigenvalue weighted by molar-refractivity contribution is -0.116. The Morgan fingerprint density at radius 3 is 2.68 bits per heavy atom. The van der Waals surface area contributed by atoms with Crippen LogP contribution in [0.25, 0.3) is 0 Å². The molecule has 3 atom stereocenters. The third-order valence-electron chi connectivity index (χ3n) is 5.00. The Labute approximate surface area is 113 Å². The predicted molar refractivity (Wildman–Crippen MR) is 75.0 cm³/mol. The number of amides is 1. The lowest BCUT2D eigenvalue weighted by Gasteiger charge is -2.20. The molecular formula is C15H19N3O. The van der Waals surface area contributed by atoms with Gasteiger partial charge in [-0.3, -0.25) is 4.79 Å². The number of fused-ring (bicyclic) bond motifs is 2.